The average Bonchev–Trinajstić information content (AvgIpc) is 2.31. The van der Waals surface area contributed by atoms with E-state index in [1.54, 1.807) is 6.08 Å². The van der Waals surface area contributed by atoms with Crippen LogP contribution in [-0.2, 0) is 17.2 Å². The summed E-state index contributed by atoms with van der Waals surface area (Å²) in [5.41, 5.74) is 0. The van der Waals surface area contributed by atoms with Crippen LogP contribution in [0.5, 0.6) is 0 Å². The average molecular weight is 204 g/mol. The maximum atomic E-state index is 9.08. The normalized spacial score (nSPS) is 10.1. The SMILES string of the molecule is C=Cc1[nH]cc[n+]1C.CS(=O)(=O)[O-]. The van der Waals surface area contributed by atoms with E-state index >= 15 is 0 Å². The second kappa shape index (κ2) is 4.78. The number of imidazole rings is 1. The fourth-order valence-electron chi connectivity index (χ4n) is 0.619. The number of hydrogen-bond donors (Lipinski definition) is 1. The van der Waals surface area contributed by atoms with Gasteiger partial charge in [-0.25, -0.2) is 18.0 Å². The fraction of sp³-hybridized carbons (Fsp3) is 0.286. The monoisotopic (exact) mass is 204 g/mol. The van der Waals surface area contributed by atoms with E-state index in [0.717, 1.165) is 5.82 Å². The van der Waals surface area contributed by atoms with Crippen molar-refractivity contribution in [1.82, 2.24) is 4.98 Å². The lowest BCUT2D eigenvalue weighted by Crippen LogP contribution is -2.27. The maximum absolute atomic E-state index is 9.08. The van der Waals surface area contributed by atoms with Crippen molar-refractivity contribution in [2.75, 3.05) is 6.26 Å². The lowest BCUT2D eigenvalue weighted by atomic mass is 10.6. The Bertz CT molecular complexity index is 359. The van der Waals surface area contributed by atoms with Gasteiger partial charge in [0.05, 0.1) is 17.2 Å². The molecule has 0 radical (unpaired) electrons. The van der Waals surface area contributed by atoms with Crippen LogP contribution in [0.2, 0.25) is 0 Å². The number of nitrogens with zero attached hydrogens (tertiary/aromatic N) is 1. The van der Waals surface area contributed by atoms with Gasteiger partial charge < -0.3 is 4.55 Å². The van der Waals surface area contributed by atoms with Crippen LogP contribution in [0.25, 0.3) is 6.08 Å². The number of aromatic amines is 1. The predicted molar refractivity (Wildman–Crippen MR) is 47.7 cm³/mol. The molecule has 1 N–H and O–H groups in total. The zero-order chi connectivity index (χ0) is 10.5. The molecule has 0 atom stereocenters. The summed E-state index contributed by atoms with van der Waals surface area (Å²) in [6, 6.07) is 0. The van der Waals surface area contributed by atoms with E-state index in [9.17, 15) is 0 Å². The van der Waals surface area contributed by atoms with Gasteiger partial charge in [0, 0.05) is 12.3 Å². The van der Waals surface area contributed by atoms with Gasteiger partial charge >= 0.3 is 0 Å². The summed E-state index contributed by atoms with van der Waals surface area (Å²) in [6.45, 7) is 3.61. The molecule has 74 valence electrons. The molecule has 0 bridgehead atoms. The van der Waals surface area contributed by atoms with Crippen LogP contribution < -0.4 is 4.57 Å². The lowest BCUT2D eigenvalue weighted by molar-refractivity contribution is -0.671. The van der Waals surface area contributed by atoms with E-state index in [2.05, 4.69) is 11.6 Å². The van der Waals surface area contributed by atoms with Crippen molar-refractivity contribution in [2.24, 2.45) is 7.05 Å². The summed E-state index contributed by atoms with van der Waals surface area (Å²) in [7, 11) is -1.95. The van der Waals surface area contributed by atoms with Crippen molar-refractivity contribution < 1.29 is 17.5 Å². The Hall–Kier alpha value is -1.14. The van der Waals surface area contributed by atoms with Gasteiger partial charge in [-0.3, -0.25) is 0 Å². The van der Waals surface area contributed by atoms with E-state index < -0.39 is 10.1 Å². The molecule has 0 amide bonds. The molecule has 0 saturated heterocycles. The predicted octanol–water partition coefficient (Wildman–Crippen LogP) is -0.356. The van der Waals surface area contributed by atoms with E-state index in [1.165, 1.54) is 0 Å². The standard InChI is InChI=1S/C6H8N2.CH4O3S/c1-3-6-7-4-5-8(6)2;1-5(2,3)4/h3-5H,1H2,2H3;1H3,(H,2,3,4). The van der Waals surface area contributed by atoms with Crippen molar-refractivity contribution in [3.8, 4) is 0 Å². The summed E-state index contributed by atoms with van der Waals surface area (Å²) in [5, 5.41) is 0. The Morgan fingerprint density at radius 2 is 2.15 bits per heavy atom. The molecule has 0 unspecified atom stereocenters. The Balaban J connectivity index is 0.000000252. The fourth-order valence-corrected chi connectivity index (χ4v) is 0.619. The third kappa shape index (κ3) is 7.23. The molecule has 1 aromatic rings. The van der Waals surface area contributed by atoms with E-state index in [0.29, 0.717) is 6.26 Å². The second-order valence-electron chi connectivity index (χ2n) is 2.36. The third-order valence-corrected chi connectivity index (χ3v) is 1.10. The van der Waals surface area contributed by atoms with Gasteiger partial charge in [-0.15, -0.1) is 0 Å². The third-order valence-electron chi connectivity index (χ3n) is 1.10. The summed E-state index contributed by atoms with van der Waals surface area (Å²) < 4.78 is 29.2. The zero-order valence-corrected chi connectivity index (χ0v) is 8.34. The van der Waals surface area contributed by atoms with Gasteiger partial charge in [0.25, 0.3) is 5.82 Å². The Labute approximate surface area is 77.5 Å². The van der Waals surface area contributed by atoms with Gasteiger partial charge in [-0.1, -0.05) is 6.58 Å². The van der Waals surface area contributed by atoms with Crippen LogP contribution in [0.15, 0.2) is 19.0 Å². The molecule has 6 heteroatoms. The van der Waals surface area contributed by atoms with Crippen molar-refractivity contribution in [1.29, 1.82) is 0 Å². The van der Waals surface area contributed by atoms with Crippen LogP contribution in [0, 0.1) is 0 Å². The molecule has 1 aromatic heterocycles. The van der Waals surface area contributed by atoms with E-state index in [1.807, 2.05) is 24.0 Å². The number of H-pyrrole nitrogens is 1. The number of aryl methyl sites for hydroxylation is 1. The quantitative estimate of drug-likeness (QED) is 0.501. The molecule has 0 aliphatic heterocycles. The molecular formula is C7H12N2O3S. The molecule has 5 nitrogen and oxygen atoms in total. The Morgan fingerprint density at radius 1 is 1.69 bits per heavy atom. The summed E-state index contributed by atoms with van der Waals surface area (Å²) in [5.74, 6) is 1.03. The first-order chi connectivity index (χ1) is 5.84. The molecule has 0 saturated carbocycles. The van der Waals surface area contributed by atoms with Gasteiger partial charge in [0.1, 0.15) is 12.4 Å². The highest BCUT2D eigenvalue weighted by atomic mass is 32.2. The first-order valence-electron chi connectivity index (χ1n) is 3.41. The minimum absolute atomic E-state index is 0.604. The highest BCUT2D eigenvalue weighted by Gasteiger charge is 1.96. The molecule has 0 aliphatic rings. The molecule has 0 fully saturated rings. The largest absolute Gasteiger partial charge is 0.748 e. The lowest BCUT2D eigenvalue weighted by Gasteiger charge is -1.90. The minimum atomic E-state index is -3.92. The molecular weight excluding hydrogens is 192 g/mol. The molecule has 13 heavy (non-hydrogen) atoms. The molecule has 0 aliphatic carbocycles. The molecule has 0 aromatic carbocycles. The number of rotatable bonds is 1. The van der Waals surface area contributed by atoms with Crippen LogP contribution in [0.1, 0.15) is 5.82 Å². The van der Waals surface area contributed by atoms with Crippen molar-refractivity contribution in [2.45, 2.75) is 0 Å². The molecule has 1 rings (SSSR count). The van der Waals surface area contributed by atoms with Crippen LogP contribution in [-0.4, -0.2) is 24.2 Å². The Kier molecular flexibility index (Phi) is 4.36. The first kappa shape index (κ1) is 11.9. The second-order valence-corrected chi connectivity index (χ2v) is 3.77. The van der Waals surface area contributed by atoms with Crippen molar-refractivity contribution in [3.63, 3.8) is 0 Å². The van der Waals surface area contributed by atoms with Crippen LogP contribution in [0.4, 0.5) is 0 Å². The number of aromatic nitrogens is 2. The molecule has 1 heterocycles. The minimum Gasteiger partial charge on any atom is -0.748 e. The zero-order valence-electron chi connectivity index (χ0n) is 7.52. The molecule has 0 spiro atoms. The van der Waals surface area contributed by atoms with E-state index in [-0.39, 0.29) is 0 Å². The van der Waals surface area contributed by atoms with Crippen molar-refractivity contribution in [3.05, 3.63) is 24.8 Å². The topological polar surface area (TPSA) is 76.9 Å². The number of hydrogen-bond acceptors (Lipinski definition) is 3. The first-order valence-corrected chi connectivity index (χ1v) is 5.22. The highest BCUT2D eigenvalue weighted by molar-refractivity contribution is 7.84. The van der Waals surface area contributed by atoms with Crippen LogP contribution >= 0.6 is 0 Å². The number of nitrogens with one attached hydrogen (secondary N) is 1. The summed E-state index contributed by atoms with van der Waals surface area (Å²) >= 11 is 0. The highest BCUT2D eigenvalue weighted by Crippen LogP contribution is 1.83. The Morgan fingerprint density at radius 3 is 2.31 bits per heavy atom. The maximum Gasteiger partial charge on any atom is 0.278 e. The van der Waals surface area contributed by atoms with Crippen molar-refractivity contribution >= 4 is 16.2 Å². The summed E-state index contributed by atoms with van der Waals surface area (Å²) in [6.07, 6.45) is 6.20. The van der Waals surface area contributed by atoms with E-state index in [4.69, 9.17) is 13.0 Å². The van der Waals surface area contributed by atoms with Crippen LogP contribution in [0.3, 0.4) is 0 Å². The smallest absolute Gasteiger partial charge is 0.278 e. The van der Waals surface area contributed by atoms with Gasteiger partial charge in [-0.05, 0) is 0 Å². The summed E-state index contributed by atoms with van der Waals surface area (Å²) in [4.78, 5) is 3.00. The van der Waals surface area contributed by atoms with Gasteiger partial charge in [-0.2, -0.15) is 0 Å². The van der Waals surface area contributed by atoms with Gasteiger partial charge in [0.15, 0.2) is 0 Å². The van der Waals surface area contributed by atoms with Gasteiger partial charge in [0.2, 0.25) is 0 Å².